The third kappa shape index (κ3) is 2.91. The number of hydrogen-bond acceptors (Lipinski definition) is 4. The molecule has 2 aliphatic rings. The van der Waals surface area contributed by atoms with Crippen LogP contribution in [-0.2, 0) is 16.1 Å². The van der Waals surface area contributed by atoms with E-state index in [1.54, 1.807) is 23.0 Å². The molecule has 0 bridgehead atoms. The molecule has 1 unspecified atom stereocenters. The van der Waals surface area contributed by atoms with Crippen LogP contribution in [0.3, 0.4) is 0 Å². The molecule has 1 fully saturated rings. The predicted molar refractivity (Wildman–Crippen MR) is 88.9 cm³/mol. The molecule has 0 saturated heterocycles. The van der Waals surface area contributed by atoms with Crippen LogP contribution in [0.2, 0.25) is 5.02 Å². The summed E-state index contributed by atoms with van der Waals surface area (Å²) in [6.45, 7) is 0.280. The number of benzene rings is 1. The Hall–Kier alpha value is -1.92. The van der Waals surface area contributed by atoms with Crippen molar-refractivity contribution in [1.29, 1.82) is 0 Å². The van der Waals surface area contributed by atoms with Gasteiger partial charge in [0.15, 0.2) is 6.10 Å². The average molecular weight is 347 g/mol. The second-order valence-corrected chi connectivity index (χ2v) is 6.81. The Labute approximate surface area is 145 Å². The van der Waals surface area contributed by atoms with E-state index in [4.69, 9.17) is 16.3 Å². The van der Waals surface area contributed by atoms with Crippen molar-refractivity contribution >= 4 is 17.5 Å². The number of ether oxygens (including phenoxy) is 1. The van der Waals surface area contributed by atoms with Gasteiger partial charge in [0.1, 0.15) is 0 Å². The number of fused-ring (bicyclic) bond motifs is 3. The normalized spacial score (nSPS) is 20.8. The minimum Gasteiger partial charge on any atom is -0.357 e. The zero-order valence-corrected chi connectivity index (χ0v) is 14.0. The maximum atomic E-state index is 12.8. The highest BCUT2D eigenvalue weighted by molar-refractivity contribution is 6.30. The molecule has 1 N–H and O–H groups in total. The predicted octanol–water partition coefficient (Wildman–Crippen LogP) is 2.94. The first kappa shape index (κ1) is 15.6. The number of carbonyl (C=O) groups excluding carboxylic acids is 1. The summed E-state index contributed by atoms with van der Waals surface area (Å²) < 4.78 is 7.61. The lowest BCUT2D eigenvalue weighted by molar-refractivity contribution is -0.135. The van der Waals surface area contributed by atoms with Crippen molar-refractivity contribution in [1.82, 2.24) is 20.3 Å². The van der Waals surface area contributed by atoms with Crippen molar-refractivity contribution in [3.05, 3.63) is 40.7 Å². The van der Waals surface area contributed by atoms with E-state index in [9.17, 15) is 4.79 Å². The fraction of sp³-hybridized carbons (Fsp3) is 0.471. The first-order chi connectivity index (χ1) is 11.7. The number of aromatic nitrogens is 3. The zero-order valence-electron chi connectivity index (χ0n) is 13.2. The molecule has 2 heterocycles. The molecule has 1 aromatic heterocycles. The Kier molecular flexibility index (Phi) is 4.24. The molecular weight excluding hydrogens is 328 g/mol. The summed E-state index contributed by atoms with van der Waals surface area (Å²) in [6, 6.07) is 5.65. The van der Waals surface area contributed by atoms with E-state index in [-0.39, 0.29) is 18.6 Å². The van der Waals surface area contributed by atoms with Gasteiger partial charge in [-0.1, -0.05) is 36.1 Å². The Balaban J connectivity index is 1.65. The van der Waals surface area contributed by atoms with Gasteiger partial charge < -0.3 is 10.1 Å². The Morgan fingerprint density at radius 2 is 2.12 bits per heavy atom. The lowest BCUT2D eigenvalue weighted by Gasteiger charge is -2.25. The van der Waals surface area contributed by atoms with Crippen LogP contribution in [0, 0.1) is 0 Å². The Bertz CT molecular complexity index is 755. The van der Waals surface area contributed by atoms with Gasteiger partial charge in [-0.15, -0.1) is 5.10 Å². The van der Waals surface area contributed by atoms with E-state index in [0.717, 1.165) is 29.8 Å². The molecule has 0 spiro atoms. The van der Waals surface area contributed by atoms with Crippen molar-refractivity contribution in [2.75, 3.05) is 0 Å². The Morgan fingerprint density at radius 3 is 2.96 bits per heavy atom. The van der Waals surface area contributed by atoms with Crippen LogP contribution in [0.4, 0.5) is 0 Å². The number of nitrogens with zero attached hydrogens (tertiary/aromatic N) is 3. The summed E-state index contributed by atoms with van der Waals surface area (Å²) in [7, 11) is 0. The molecular formula is C17H19ClN4O2. The minimum atomic E-state index is -0.692. The molecule has 1 aliphatic carbocycles. The summed E-state index contributed by atoms with van der Waals surface area (Å²) in [4.78, 5) is 12.8. The minimum absolute atomic E-state index is 0.107. The molecule has 24 heavy (non-hydrogen) atoms. The van der Waals surface area contributed by atoms with Crippen LogP contribution in [-0.4, -0.2) is 26.9 Å². The quantitative estimate of drug-likeness (QED) is 0.907. The summed E-state index contributed by atoms with van der Waals surface area (Å²) in [5.41, 5.74) is 2.32. The third-order valence-corrected chi connectivity index (χ3v) is 4.94. The second kappa shape index (κ2) is 6.53. The number of amides is 1. The van der Waals surface area contributed by atoms with Gasteiger partial charge in [0.05, 0.1) is 24.2 Å². The van der Waals surface area contributed by atoms with Crippen molar-refractivity contribution in [2.24, 2.45) is 0 Å². The smallest absolute Gasteiger partial charge is 0.254 e. The van der Waals surface area contributed by atoms with Crippen LogP contribution in [0.5, 0.6) is 0 Å². The van der Waals surface area contributed by atoms with Crippen molar-refractivity contribution in [3.8, 4) is 5.69 Å². The molecule has 0 radical (unpaired) electrons. The summed E-state index contributed by atoms with van der Waals surface area (Å²) in [5.74, 6) is -0.107. The molecule has 1 saturated carbocycles. The highest BCUT2D eigenvalue weighted by atomic mass is 35.5. The second-order valence-electron chi connectivity index (χ2n) is 6.37. The fourth-order valence-electron chi connectivity index (χ4n) is 3.49. The standard InChI is InChI=1S/C17H19ClN4O2/c18-11-6-7-15-14(8-11)16(24-10-13-9-19-21-22(13)15)17(23)20-12-4-2-1-3-5-12/h6-9,12,16H,1-5,10H2,(H,20,23). The topological polar surface area (TPSA) is 69.0 Å². The largest absolute Gasteiger partial charge is 0.357 e. The van der Waals surface area contributed by atoms with Gasteiger partial charge in [0.2, 0.25) is 0 Å². The van der Waals surface area contributed by atoms with Crippen molar-refractivity contribution < 1.29 is 9.53 Å². The number of hydrogen-bond donors (Lipinski definition) is 1. The molecule has 1 amide bonds. The van der Waals surface area contributed by atoms with Gasteiger partial charge in [0.25, 0.3) is 5.91 Å². The van der Waals surface area contributed by atoms with E-state index in [0.29, 0.717) is 5.02 Å². The molecule has 2 aromatic rings. The van der Waals surface area contributed by atoms with Crippen LogP contribution < -0.4 is 5.32 Å². The number of halogens is 1. The van der Waals surface area contributed by atoms with E-state index in [2.05, 4.69) is 15.6 Å². The molecule has 7 heteroatoms. The van der Waals surface area contributed by atoms with Crippen LogP contribution in [0.15, 0.2) is 24.4 Å². The van der Waals surface area contributed by atoms with Gasteiger partial charge in [0, 0.05) is 16.6 Å². The maximum absolute atomic E-state index is 12.8. The van der Waals surface area contributed by atoms with Gasteiger partial charge in [-0.05, 0) is 31.0 Å². The van der Waals surface area contributed by atoms with Crippen molar-refractivity contribution in [3.63, 3.8) is 0 Å². The van der Waals surface area contributed by atoms with Crippen LogP contribution in [0.1, 0.15) is 49.5 Å². The van der Waals surface area contributed by atoms with Crippen molar-refractivity contribution in [2.45, 2.75) is 50.9 Å². The molecule has 1 aliphatic heterocycles. The Morgan fingerprint density at radius 1 is 1.29 bits per heavy atom. The van der Waals surface area contributed by atoms with Crippen LogP contribution in [0.25, 0.3) is 5.69 Å². The van der Waals surface area contributed by atoms with Gasteiger partial charge >= 0.3 is 0 Å². The molecule has 1 aromatic carbocycles. The van der Waals surface area contributed by atoms with Crippen LogP contribution >= 0.6 is 11.6 Å². The molecule has 6 nitrogen and oxygen atoms in total. The van der Waals surface area contributed by atoms with E-state index in [1.807, 2.05) is 6.07 Å². The maximum Gasteiger partial charge on any atom is 0.254 e. The lowest BCUT2D eigenvalue weighted by Crippen LogP contribution is -2.39. The summed E-state index contributed by atoms with van der Waals surface area (Å²) in [6.07, 6.45) is 6.61. The lowest BCUT2D eigenvalue weighted by atomic mass is 9.95. The highest BCUT2D eigenvalue weighted by Gasteiger charge is 2.31. The first-order valence-corrected chi connectivity index (χ1v) is 8.71. The highest BCUT2D eigenvalue weighted by Crippen LogP contribution is 2.32. The number of rotatable bonds is 2. The van der Waals surface area contributed by atoms with Gasteiger partial charge in [-0.25, -0.2) is 4.68 Å². The zero-order chi connectivity index (χ0) is 16.5. The summed E-state index contributed by atoms with van der Waals surface area (Å²) in [5, 5.41) is 11.7. The average Bonchev–Trinajstić information content (AvgIpc) is 2.99. The van der Waals surface area contributed by atoms with E-state index >= 15 is 0 Å². The SMILES string of the molecule is O=C(NC1CCCCC1)C1OCc2cnnn2-c2ccc(Cl)cc21. The molecule has 126 valence electrons. The van der Waals surface area contributed by atoms with Gasteiger partial charge in [-0.3, -0.25) is 4.79 Å². The monoisotopic (exact) mass is 346 g/mol. The third-order valence-electron chi connectivity index (χ3n) is 4.71. The van der Waals surface area contributed by atoms with E-state index in [1.165, 1.54) is 19.3 Å². The first-order valence-electron chi connectivity index (χ1n) is 8.34. The number of nitrogens with one attached hydrogen (secondary N) is 1. The molecule has 4 rings (SSSR count). The summed E-state index contributed by atoms with van der Waals surface area (Å²) >= 11 is 6.16. The van der Waals surface area contributed by atoms with E-state index < -0.39 is 6.10 Å². The number of carbonyl (C=O) groups is 1. The van der Waals surface area contributed by atoms with Gasteiger partial charge in [-0.2, -0.15) is 0 Å². The molecule has 1 atom stereocenters. The fourth-order valence-corrected chi connectivity index (χ4v) is 3.67.